The molecular formula is C14H18ClN3O2S. The first-order chi connectivity index (χ1) is 9.90. The van der Waals surface area contributed by atoms with Gasteiger partial charge in [0, 0.05) is 17.5 Å². The predicted octanol–water partition coefficient (Wildman–Crippen LogP) is 2.54. The van der Waals surface area contributed by atoms with E-state index in [1.54, 1.807) is 6.07 Å². The van der Waals surface area contributed by atoms with Crippen molar-refractivity contribution >= 4 is 21.6 Å². The summed E-state index contributed by atoms with van der Waals surface area (Å²) in [6.07, 6.45) is 2.56. The van der Waals surface area contributed by atoms with Crippen molar-refractivity contribution in [2.75, 3.05) is 0 Å². The van der Waals surface area contributed by atoms with Gasteiger partial charge in [-0.25, -0.2) is 18.1 Å². The van der Waals surface area contributed by atoms with Crippen LogP contribution in [-0.2, 0) is 22.9 Å². The first-order valence-electron chi connectivity index (χ1n) is 6.71. The van der Waals surface area contributed by atoms with Gasteiger partial charge >= 0.3 is 0 Å². The normalized spacial score (nSPS) is 13.3. The molecule has 114 valence electrons. The van der Waals surface area contributed by atoms with Gasteiger partial charge in [-0.2, -0.15) is 0 Å². The molecule has 0 amide bonds. The van der Waals surface area contributed by atoms with E-state index in [0.717, 1.165) is 5.56 Å². The number of benzene rings is 1. The van der Waals surface area contributed by atoms with Gasteiger partial charge in [-0.3, -0.25) is 0 Å². The second-order valence-corrected chi connectivity index (χ2v) is 7.02. The number of aromatic amines is 1. The molecule has 1 aromatic carbocycles. The van der Waals surface area contributed by atoms with Crippen molar-refractivity contribution in [2.24, 2.45) is 0 Å². The third-order valence-electron chi connectivity index (χ3n) is 3.02. The Balaban J connectivity index is 2.05. The molecule has 21 heavy (non-hydrogen) atoms. The number of hydrogen-bond acceptors (Lipinski definition) is 3. The van der Waals surface area contributed by atoms with E-state index in [-0.39, 0.29) is 11.1 Å². The van der Waals surface area contributed by atoms with E-state index >= 15 is 0 Å². The van der Waals surface area contributed by atoms with Crippen molar-refractivity contribution in [3.8, 4) is 0 Å². The summed E-state index contributed by atoms with van der Waals surface area (Å²) in [7, 11) is -3.58. The zero-order valence-electron chi connectivity index (χ0n) is 11.9. The van der Waals surface area contributed by atoms with E-state index in [9.17, 15) is 8.42 Å². The number of nitrogens with one attached hydrogen (secondary N) is 2. The molecule has 2 aromatic rings. The molecule has 0 bridgehead atoms. The smallest absolute Gasteiger partial charge is 0.257 e. The summed E-state index contributed by atoms with van der Waals surface area (Å²) < 4.78 is 27.1. The van der Waals surface area contributed by atoms with E-state index in [4.69, 9.17) is 11.6 Å². The first-order valence-corrected chi connectivity index (χ1v) is 8.57. The monoisotopic (exact) mass is 327 g/mol. The summed E-state index contributed by atoms with van der Waals surface area (Å²) in [6, 6.07) is 7.14. The van der Waals surface area contributed by atoms with Gasteiger partial charge in [0.2, 0.25) is 0 Å². The third-order valence-corrected chi connectivity index (χ3v) is 4.75. The van der Waals surface area contributed by atoms with E-state index in [1.165, 1.54) is 6.20 Å². The van der Waals surface area contributed by atoms with Gasteiger partial charge < -0.3 is 4.98 Å². The Morgan fingerprint density at radius 3 is 2.81 bits per heavy atom. The average Bonchev–Trinajstić information content (AvgIpc) is 2.87. The molecule has 2 rings (SSSR count). The minimum absolute atomic E-state index is 0.0947. The minimum Gasteiger partial charge on any atom is -0.332 e. The summed E-state index contributed by atoms with van der Waals surface area (Å²) in [5.41, 5.74) is 0.983. The van der Waals surface area contributed by atoms with Crippen LogP contribution in [0.4, 0.5) is 0 Å². The maximum atomic E-state index is 12.2. The molecular weight excluding hydrogens is 310 g/mol. The molecule has 2 N–H and O–H groups in total. The Hall–Kier alpha value is -1.37. The largest absolute Gasteiger partial charge is 0.332 e. The minimum atomic E-state index is -3.58. The van der Waals surface area contributed by atoms with Crippen LogP contribution in [0.3, 0.4) is 0 Å². The second kappa shape index (κ2) is 6.60. The molecule has 1 unspecified atom stereocenters. The zero-order valence-corrected chi connectivity index (χ0v) is 13.5. The molecule has 1 atom stereocenters. The van der Waals surface area contributed by atoms with Crippen LogP contribution in [0.25, 0.3) is 0 Å². The number of H-pyrrole nitrogens is 1. The number of hydrogen-bond donors (Lipinski definition) is 2. The van der Waals surface area contributed by atoms with Gasteiger partial charge in [-0.15, -0.1) is 0 Å². The van der Waals surface area contributed by atoms with Crippen LogP contribution in [0.5, 0.6) is 0 Å². The van der Waals surface area contributed by atoms with Gasteiger partial charge in [0.05, 0.1) is 6.20 Å². The molecule has 0 aliphatic carbocycles. The number of imidazole rings is 1. The van der Waals surface area contributed by atoms with Gasteiger partial charge in [-0.05, 0) is 31.0 Å². The predicted molar refractivity (Wildman–Crippen MR) is 82.9 cm³/mol. The molecule has 0 aliphatic rings. The SMILES string of the molecule is CCc1ncc(S(=O)(=O)NC(C)Cc2cccc(Cl)c2)[nH]1. The standard InChI is InChI=1S/C14H18ClN3O2S/c1-3-13-16-9-14(17-13)21(19,20)18-10(2)7-11-5-4-6-12(15)8-11/h4-6,8-10,18H,3,7H2,1-2H3,(H,16,17). The van der Waals surface area contributed by atoms with Crippen molar-refractivity contribution in [3.63, 3.8) is 0 Å². The molecule has 0 aliphatic heterocycles. The summed E-state index contributed by atoms with van der Waals surface area (Å²) >= 11 is 5.92. The number of sulfonamides is 1. The number of aromatic nitrogens is 2. The van der Waals surface area contributed by atoms with Gasteiger partial charge in [-0.1, -0.05) is 30.7 Å². The lowest BCUT2D eigenvalue weighted by Gasteiger charge is -2.13. The van der Waals surface area contributed by atoms with Crippen LogP contribution in [-0.4, -0.2) is 24.4 Å². The summed E-state index contributed by atoms with van der Waals surface area (Å²) in [6.45, 7) is 3.72. The topological polar surface area (TPSA) is 74.8 Å². The second-order valence-electron chi connectivity index (χ2n) is 4.90. The van der Waals surface area contributed by atoms with Crippen molar-refractivity contribution in [2.45, 2.75) is 37.8 Å². The van der Waals surface area contributed by atoms with Crippen molar-refractivity contribution in [3.05, 3.63) is 46.9 Å². The lowest BCUT2D eigenvalue weighted by Crippen LogP contribution is -2.34. The van der Waals surface area contributed by atoms with Crippen molar-refractivity contribution in [1.29, 1.82) is 0 Å². The van der Waals surface area contributed by atoms with Crippen molar-refractivity contribution in [1.82, 2.24) is 14.7 Å². The average molecular weight is 328 g/mol. The molecule has 1 aromatic heterocycles. The molecule has 5 nitrogen and oxygen atoms in total. The van der Waals surface area contributed by atoms with E-state index in [1.807, 2.05) is 32.0 Å². The highest BCUT2D eigenvalue weighted by molar-refractivity contribution is 7.89. The maximum absolute atomic E-state index is 12.2. The van der Waals surface area contributed by atoms with Crippen LogP contribution in [0.2, 0.25) is 5.02 Å². The summed E-state index contributed by atoms with van der Waals surface area (Å²) in [5.74, 6) is 0.651. The number of nitrogens with zero attached hydrogens (tertiary/aromatic N) is 1. The Labute approximate surface area is 129 Å². The molecule has 0 spiro atoms. The maximum Gasteiger partial charge on any atom is 0.257 e. The van der Waals surface area contributed by atoms with Gasteiger partial charge in [0.15, 0.2) is 5.03 Å². The highest BCUT2D eigenvalue weighted by Crippen LogP contribution is 2.13. The number of halogens is 1. The Morgan fingerprint density at radius 2 is 2.19 bits per heavy atom. The Kier molecular flexibility index (Phi) is 5.03. The first kappa shape index (κ1) is 16.0. The molecule has 0 radical (unpaired) electrons. The number of rotatable bonds is 6. The van der Waals surface area contributed by atoms with Crippen LogP contribution < -0.4 is 4.72 Å². The molecule has 0 saturated heterocycles. The molecule has 7 heteroatoms. The fourth-order valence-corrected chi connectivity index (χ4v) is 3.44. The van der Waals surface area contributed by atoms with Crippen molar-refractivity contribution < 1.29 is 8.42 Å². The molecule has 1 heterocycles. The van der Waals surface area contributed by atoms with E-state index in [0.29, 0.717) is 23.7 Å². The quantitative estimate of drug-likeness (QED) is 0.856. The van der Waals surface area contributed by atoms with Gasteiger partial charge in [0.25, 0.3) is 10.0 Å². The van der Waals surface area contributed by atoms with Crippen LogP contribution in [0.15, 0.2) is 35.5 Å². The number of aryl methyl sites for hydroxylation is 1. The highest BCUT2D eigenvalue weighted by Gasteiger charge is 2.19. The lowest BCUT2D eigenvalue weighted by molar-refractivity contribution is 0.556. The Morgan fingerprint density at radius 1 is 1.43 bits per heavy atom. The summed E-state index contributed by atoms with van der Waals surface area (Å²) in [5, 5.41) is 0.737. The van der Waals surface area contributed by atoms with Crippen LogP contribution in [0, 0.1) is 0 Å². The fourth-order valence-electron chi connectivity index (χ4n) is 2.05. The van der Waals surface area contributed by atoms with Gasteiger partial charge in [0.1, 0.15) is 5.82 Å². The van der Waals surface area contributed by atoms with E-state index < -0.39 is 10.0 Å². The summed E-state index contributed by atoms with van der Waals surface area (Å²) in [4.78, 5) is 6.81. The lowest BCUT2D eigenvalue weighted by atomic mass is 10.1. The van der Waals surface area contributed by atoms with E-state index in [2.05, 4.69) is 14.7 Å². The fraction of sp³-hybridized carbons (Fsp3) is 0.357. The van der Waals surface area contributed by atoms with Crippen LogP contribution in [0.1, 0.15) is 25.2 Å². The van der Waals surface area contributed by atoms with Crippen LogP contribution >= 0.6 is 11.6 Å². The third kappa shape index (κ3) is 4.30. The molecule has 0 saturated carbocycles. The zero-order chi connectivity index (χ0) is 15.5. The molecule has 0 fully saturated rings. The Bertz CT molecular complexity index is 713. The highest BCUT2D eigenvalue weighted by atomic mass is 35.5.